The molecule has 9 nitrogen and oxygen atoms in total. The highest BCUT2D eigenvalue weighted by molar-refractivity contribution is 6.46. The van der Waals surface area contributed by atoms with Crippen LogP contribution in [0.25, 0.3) is 0 Å². The molecule has 0 radical (unpaired) electrons. The minimum absolute atomic E-state index is 0.0590. The predicted molar refractivity (Wildman–Crippen MR) is 176 cm³/mol. The van der Waals surface area contributed by atoms with Crippen molar-refractivity contribution in [3.8, 4) is 0 Å². The fraction of sp³-hybridized carbons (Fsp3) is 0.611. The molecule has 3 aliphatic rings. The molecule has 1 spiro atoms. The van der Waals surface area contributed by atoms with Gasteiger partial charge < -0.3 is 10.2 Å². The van der Waals surface area contributed by atoms with E-state index in [2.05, 4.69) is 65.6 Å². The summed E-state index contributed by atoms with van der Waals surface area (Å²) in [6.45, 7) is 11.1. The number of rotatable bonds is 11. The standard InChI is InChI=1S/C36H50FN7O2/c1-7-8-25-13-17-36(18-14-25)39-33(28-19-24(2)20-29(37)22-28)34(46)44(36)30(15-16-35(3,4)5)27-11-9-26(10-12-27)21-32(45)38-23-31-40-41-42-43(31)6/h9,11,19-20,22,25,30H,7-8,10,12-18,21,23H2,1-6H3,(H,38,45)/p+1. The van der Waals surface area contributed by atoms with Crippen molar-refractivity contribution in [3.63, 3.8) is 0 Å². The maximum atomic E-state index is 14.6. The number of aromatic amines is 1. The van der Waals surface area contributed by atoms with Crippen LogP contribution in [0.3, 0.4) is 0 Å². The second-order valence-corrected chi connectivity index (χ2v) is 14.8. The van der Waals surface area contributed by atoms with Gasteiger partial charge in [0, 0.05) is 12.0 Å². The van der Waals surface area contributed by atoms with Gasteiger partial charge in [-0.25, -0.2) is 4.39 Å². The van der Waals surface area contributed by atoms with Gasteiger partial charge in [0.1, 0.15) is 28.8 Å². The van der Waals surface area contributed by atoms with Crippen LogP contribution in [0.2, 0.25) is 0 Å². The van der Waals surface area contributed by atoms with Crippen molar-refractivity contribution in [3.05, 3.63) is 64.3 Å². The molecule has 1 saturated carbocycles. The maximum absolute atomic E-state index is 14.6. The Morgan fingerprint density at radius 3 is 2.57 bits per heavy atom. The molecule has 5 rings (SSSR count). The Bertz CT molecular complexity index is 1500. The maximum Gasteiger partial charge on any atom is 0.319 e. The molecule has 1 atom stereocenters. The van der Waals surface area contributed by atoms with Gasteiger partial charge in [-0.15, -0.1) is 0 Å². The highest BCUT2D eigenvalue weighted by atomic mass is 19.1. The quantitative estimate of drug-likeness (QED) is 0.299. The highest BCUT2D eigenvalue weighted by Gasteiger charge is 2.52. The summed E-state index contributed by atoms with van der Waals surface area (Å²) in [7, 11) is 1.80. The molecule has 0 bridgehead atoms. The largest absolute Gasteiger partial charge is 0.345 e. The zero-order valence-electron chi connectivity index (χ0n) is 28.5. The van der Waals surface area contributed by atoms with Crippen LogP contribution in [-0.4, -0.2) is 49.7 Å². The number of aromatic nitrogens is 4. The number of aryl methyl sites for hydroxylation is 2. The Balaban J connectivity index is 1.43. The van der Waals surface area contributed by atoms with Crippen LogP contribution in [0, 0.1) is 24.1 Å². The number of hydrogen-bond donors (Lipinski definition) is 2. The van der Waals surface area contributed by atoms with E-state index in [1.54, 1.807) is 11.7 Å². The third kappa shape index (κ3) is 7.81. The summed E-state index contributed by atoms with van der Waals surface area (Å²) >= 11 is 0. The number of carbonyl (C=O) groups excluding carboxylic acids is 2. The van der Waals surface area contributed by atoms with E-state index in [9.17, 15) is 14.0 Å². The molecule has 1 aromatic heterocycles. The Morgan fingerprint density at radius 1 is 1.20 bits per heavy atom. The lowest BCUT2D eigenvalue weighted by molar-refractivity contribution is -0.738. The van der Waals surface area contributed by atoms with Crippen molar-refractivity contribution in [2.75, 3.05) is 0 Å². The third-order valence-electron chi connectivity index (χ3n) is 9.86. The normalized spacial score (nSPS) is 22.5. The average Bonchev–Trinajstić information content (AvgIpc) is 3.53. The first-order chi connectivity index (χ1) is 21.9. The van der Waals surface area contributed by atoms with Crippen molar-refractivity contribution in [1.29, 1.82) is 0 Å². The summed E-state index contributed by atoms with van der Waals surface area (Å²) in [5.41, 5.74) is 3.47. The molecule has 1 fully saturated rings. The van der Waals surface area contributed by atoms with Gasteiger partial charge in [0.15, 0.2) is 5.21 Å². The first-order valence-electron chi connectivity index (χ1n) is 17.0. The lowest BCUT2D eigenvalue weighted by Gasteiger charge is -2.46. The van der Waals surface area contributed by atoms with Gasteiger partial charge in [0.25, 0.3) is 5.91 Å². The first kappa shape index (κ1) is 33.7. The number of aliphatic imine (C=N–C) groups is 1. The summed E-state index contributed by atoms with van der Waals surface area (Å²) in [5, 5.41) is 13.4. The second kappa shape index (κ2) is 14.0. The third-order valence-corrected chi connectivity index (χ3v) is 9.86. The number of halogens is 1. The van der Waals surface area contributed by atoms with Crippen LogP contribution >= 0.6 is 0 Å². The summed E-state index contributed by atoms with van der Waals surface area (Å²) in [6.07, 6.45) is 13.9. The van der Waals surface area contributed by atoms with E-state index < -0.39 is 5.66 Å². The molecule has 1 aromatic carbocycles. The lowest BCUT2D eigenvalue weighted by Crippen LogP contribution is -2.55. The Labute approximate surface area is 272 Å². The lowest BCUT2D eigenvalue weighted by atomic mass is 9.77. The molecule has 2 N–H and O–H groups in total. The Hall–Kier alpha value is -3.69. The zero-order valence-corrected chi connectivity index (χ0v) is 28.5. The first-order valence-corrected chi connectivity index (χ1v) is 17.0. The van der Waals surface area contributed by atoms with Gasteiger partial charge >= 0.3 is 5.82 Å². The Morgan fingerprint density at radius 2 is 1.96 bits per heavy atom. The molecular weight excluding hydrogens is 581 g/mol. The molecular formula is C36H51FN7O2+. The number of nitrogens with one attached hydrogen (secondary N) is 2. The molecule has 1 aliphatic heterocycles. The molecule has 46 heavy (non-hydrogen) atoms. The molecule has 2 heterocycles. The number of amides is 2. The predicted octanol–water partition coefficient (Wildman–Crippen LogP) is 5.94. The summed E-state index contributed by atoms with van der Waals surface area (Å²) in [6, 6.07) is 4.71. The van der Waals surface area contributed by atoms with Crippen LogP contribution in [-0.2, 0) is 23.2 Å². The van der Waals surface area contributed by atoms with Crippen LogP contribution in [0.5, 0.6) is 0 Å². The average molecular weight is 633 g/mol. The smallest absolute Gasteiger partial charge is 0.319 e. The number of carbonyl (C=O) groups is 2. The SMILES string of the molecule is CCCC1CCC2(CC1)N=C(c1cc(C)cc(F)c1)C(=O)N2C(CCC(C)(C)C)C1=CC=C(CC(=O)NCc2nn[nH][n+]2C)CC1. The number of hydrogen-bond acceptors (Lipinski definition) is 5. The van der Waals surface area contributed by atoms with E-state index in [0.717, 1.165) is 68.9 Å². The van der Waals surface area contributed by atoms with Gasteiger partial charge in [-0.2, -0.15) is 4.68 Å². The molecule has 2 aliphatic carbocycles. The molecule has 248 valence electrons. The van der Waals surface area contributed by atoms with Gasteiger partial charge in [0.2, 0.25) is 5.91 Å². The van der Waals surface area contributed by atoms with Crippen molar-refractivity contribution < 1.29 is 18.7 Å². The van der Waals surface area contributed by atoms with Gasteiger partial charge in [-0.1, -0.05) is 63.5 Å². The van der Waals surface area contributed by atoms with E-state index in [0.29, 0.717) is 36.0 Å². The summed E-state index contributed by atoms with van der Waals surface area (Å²) in [5.74, 6) is 0.803. The monoisotopic (exact) mass is 632 g/mol. The van der Waals surface area contributed by atoms with E-state index in [1.807, 2.05) is 13.0 Å². The molecule has 2 amide bonds. The van der Waals surface area contributed by atoms with E-state index in [4.69, 9.17) is 4.99 Å². The minimum atomic E-state index is -0.624. The van der Waals surface area contributed by atoms with Crippen molar-refractivity contribution in [1.82, 2.24) is 25.7 Å². The highest BCUT2D eigenvalue weighted by Crippen LogP contribution is 2.46. The van der Waals surface area contributed by atoms with Crippen molar-refractivity contribution in [2.45, 2.75) is 123 Å². The van der Waals surface area contributed by atoms with Gasteiger partial charge in [0.05, 0.1) is 13.1 Å². The number of nitrogens with zero attached hydrogens (tertiary/aromatic N) is 5. The Kier molecular flexibility index (Phi) is 10.2. The number of tetrazole rings is 1. The molecule has 0 saturated heterocycles. The zero-order chi connectivity index (χ0) is 33.1. The summed E-state index contributed by atoms with van der Waals surface area (Å²) < 4.78 is 16.3. The second-order valence-electron chi connectivity index (χ2n) is 14.8. The van der Waals surface area contributed by atoms with E-state index >= 15 is 0 Å². The fourth-order valence-corrected chi connectivity index (χ4v) is 7.34. The number of allylic oxidation sites excluding steroid dienone is 2. The van der Waals surface area contributed by atoms with Crippen LogP contribution < -0.4 is 10.00 Å². The van der Waals surface area contributed by atoms with Crippen LogP contribution in [0.4, 0.5) is 4.39 Å². The topological polar surface area (TPSA) is 107 Å². The summed E-state index contributed by atoms with van der Waals surface area (Å²) in [4.78, 5) is 34.7. The minimum Gasteiger partial charge on any atom is -0.345 e. The van der Waals surface area contributed by atoms with Crippen LogP contribution in [0.1, 0.15) is 115 Å². The van der Waals surface area contributed by atoms with E-state index in [-0.39, 0.29) is 29.1 Å². The molecule has 2 aromatic rings. The van der Waals surface area contributed by atoms with Gasteiger partial charge in [-0.05, 0) is 99.0 Å². The van der Waals surface area contributed by atoms with E-state index in [1.165, 1.54) is 24.1 Å². The van der Waals surface area contributed by atoms with Crippen LogP contribution in [0.15, 0.2) is 46.5 Å². The van der Waals surface area contributed by atoms with Crippen molar-refractivity contribution in [2.24, 2.45) is 23.4 Å². The number of H-pyrrole nitrogens is 1. The van der Waals surface area contributed by atoms with Gasteiger partial charge in [-0.3, -0.25) is 14.6 Å². The molecule has 1 unspecified atom stereocenters. The van der Waals surface area contributed by atoms with Crippen molar-refractivity contribution >= 4 is 17.5 Å². The molecule has 10 heteroatoms. The fourth-order valence-electron chi connectivity index (χ4n) is 7.34. The number of benzene rings is 1.